The summed E-state index contributed by atoms with van der Waals surface area (Å²) in [6.45, 7) is 3.36. The van der Waals surface area contributed by atoms with Gasteiger partial charge in [-0.2, -0.15) is 5.26 Å². The molecular formula is C15H17N3O7. The van der Waals surface area contributed by atoms with Gasteiger partial charge < -0.3 is 14.2 Å². The fourth-order valence-corrected chi connectivity index (χ4v) is 2.52. The summed E-state index contributed by atoms with van der Waals surface area (Å²) in [5.41, 5.74) is -2.77. The van der Waals surface area contributed by atoms with E-state index < -0.39 is 47.7 Å². The second-order valence-electron chi connectivity index (χ2n) is 5.67. The highest BCUT2D eigenvalue weighted by Crippen LogP contribution is 2.38. The number of carbonyl (C=O) groups excluding carboxylic acids is 2. The largest absolute Gasteiger partial charge is 0.461 e. The normalized spacial score (nSPS) is 25.2. The third-order valence-electron chi connectivity index (χ3n) is 3.73. The van der Waals surface area contributed by atoms with Crippen molar-refractivity contribution in [2.45, 2.75) is 45.1 Å². The lowest BCUT2D eigenvalue weighted by atomic mass is 9.99. The minimum atomic E-state index is -1.76. The van der Waals surface area contributed by atoms with Crippen molar-refractivity contribution in [1.82, 2.24) is 9.55 Å². The summed E-state index contributed by atoms with van der Waals surface area (Å²) >= 11 is 0. The maximum Gasteiger partial charge on any atom is 0.330 e. The summed E-state index contributed by atoms with van der Waals surface area (Å²) in [6.07, 6.45) is -0.781. The molecule has 1 saturated heterocycles. The van der Waals surface area contributed by atoms with Crippen LogP contribution < -0.4 is 11.2 Å². The van der Waals surface area contributed by atoms with Crippen molar-refractivity contribution in [3.8, 4) is 6.07 Å². The average Bonchev–Trinajstić information content (AvgIpc) is 2.87. The van der Waals surface area contributed by atoms with Gasteiger partial charge in [-0.05, 0) is 6.92 Å². The van der Waals surface area contributed by atoms with Crippen molar-refractivity contribution in [1.29, 1.82) is 5.26 Å². The Bertz CT molecular complexity index is 850. The quantitative estimate of drug-likeness (QED) is 0.717. The van der Waals surface area contributed by atoms with Gasteiger partial charge in [-0.15, -0.1) is 0 Å². The molecule has 2 heterocycles. The molecule has 0 amide bonds. The van der Waals surface area contributed by atoms with Gasteiger partial charge in [0.15, 0.2) is 6.10 Å². The SMILES string of the molecule is CC(=O)OC[C@@]1(C#N)O[C@@H](n2cc(C)c(=O)[nH]c2=O)C[C@@H]1OC(C)=O. The summed E-state index contributed by atoms with van der Waals surface area (Å²) < 4.78 is 16.7. The van der Waals surface area contributed by atoms with Gasteiger partial charge in [0.1, 0.15) is 18.9 Å². The summed E-state index contributed by atoms with van der Waals surface area (Å²) in [5.74, 6) is -1.29. The number of aryl methyl sites for hydroxylation is 1. The molecule has 10 heteroatoms. The number of ether oxygens (including phenoxy) is 3. The minimum Gasteiger partial charge on any atom is -0.461 e. The van der Waals surface area contributed by atoms with Crippen LogP contribution in [0.2, 0.25) is 0 Å². The maximum absolute atomic E-state index is 12.0. The zero-order valence-electron chi connectivity index (χ0n) is 13.9. The molecule has 0 unspecified atom stereocenters. The van der Waals surface area contributed by atoms with Crippen molar-refractivity contribution in [3.63, 3.8) is 0 Å². The van der Waals surface area contributed by atoms with Crippen molar-refractivity contribution < 1.29 is 23.8 Å². The topological polar surface area (TPSA) is 140 Å². The number of H-pyrrole nitrogens is 1. The van der Waals surface area contributed by atoms with E-state index in [1.807, 2.05) is 6.07 Å². The van der Waals surface area contributed by atoms with Crippen molar-refractivity contribution in [2.75, 3.05) is 6.61 Å². The number of esters is 2. The molecule has 2 rings (SSSR count). The van der Waals surface area contributed by atoms with Crippen LogP contribution in [0.25, 0.3) is 0 Å². The van der Waals surface area contributed by atoms with E-state index in [2.05, 4.69) is 4.98 Å². The Labute approximate surface area is 141 Å². The second kappa shape index (κ2) is 6.90. The highest BCUT2D eigenvalue weighted by Gasteiger charge is 2.53. The number of aromatic amines is 1. The fraction of sp³-hybridized carbons (Fsp3) is 0.533. The van der Waals surface area contributed by atoms with Crippen molar-refractivity contribution in [3.05, 3.63) is 32.6 Å². The molecule has 0 bridgehead atoms. The van der Waals surface area contributed by atoms with Crippen LogP contribution >= 0.6 is 0 Å². The predicted molar refractivity (Wildman–Crippen MR) is 81.3 cm³/mol. The molecule has 1 fully saturated rings. The van der Waals surface area contributed by atoms with Crippen LogP contribution in [0, 0.1) is 18.3 Å². The number of rotatable bonds is 4. The lowest BCUT2D eigenvalue weighted by molar-refractivity contribution is -0.164. The van der Waals surface area contributed by atoms with Crippen LogP contribution in [0.1, 0.15) is 32.1 Å². The Morgan fingerprint density at radius 1 is 1.44 bits per heavy atom. The Kier molecular flexibility index (Phi) is 5.08. The van der Waals surface area contributed by atoms with Gasteiger partial charge in [-0.25, -0.2) is 4.79 Å². The lowest BCUT2D eigenvalue weighted by Crippen LogP contribution is -2.45. The molecule has 0 aliphatic carbocycles. The summed E-state index contributed by atoms with van der Waals surface area (Å²) in [4.78, 5) is 48.1. The van der Waals surface area contributed by atoms with Gasteiger partial charge in [-0.3, -0.25) is 23.9 Å². The molecule has 1 aromatic heterocycles. The van der Waals surface area contributed by atoms with E-state index in [-0.39, 0.29) is 12.0 Å². The Morgan fingerprint density at radius 2 is 2.12 bits per heavy atom. The van der Waals surface area contributed by atoms with Gasteiger partial charge in [0, 0.05) is 32.0 Å². The van der Waals surface area contributed by atoms with E-state index in [1.54, 1.807) is 0 Å². The van der Waals surface area contributed by atoms with Crippen LogP contribution in [0.4, 0.5) is 0 Å². The third-order valence-corrected chi connectivity index (χ3v) is 3.73. The molecule has 0 radical (unpaired) electrons. The summed E-state index contributed by atoms with van der Waals surface area (Å²) in [6, 6.07) is 1.87. The number of nitriles is 1. The first-order valence-electron chi connectivity index (χ1n) is 7.40. The van der Waals surface area contributed by atoms with E-state index >= 15 is 0 Å². The van der Waals surface area contributed by atoms with Gasteiger partial charge >= 0.3 is 17.6 Å². The fourth-order valence-electron chi connectivity index (χ4n) is 2.52. The number of aromatic nitrogens is 2. The zero-order valence-corrected chi connectivity index (χ0v) is 13.9. The first-order chi connectivity index (χ1) is 11.7. The van der Waals surface area contributed by atoms with Crippen LogP contribution in [0.15, 0.2) is 15.8 Å². The second-order valence-corrected chi connectivity index (χ2v) is 5.67. The standard InChI is InChI=1S/C15H17N3O7/c1-8-5-18(14(22)17-13(8)21)12-4-11(24-10(3)20)15(6-16,25-12)7-23-9(2)19/h5,11-12H,4,7H2,1-3H3,(H,17,21,22)/t11-,12+,15+/m0/s1. The van der Waals surface area contributed by atoms with Crippen molar-refractivity contribution >= 4 is 11.9 Å². The van der Waals surface area contributed by atoms with Gasteiger partial charge in [-0.1, -0.05) is 0 Å². The third kappa shape index (κ3) is 3.77. The Morgan fingerprint density at radius 3 is 2.68 bits per heavy atom. The molecule has 1 N–H and O–H groups in total. The minimum absolute atomic E-state index is 0.0280. The number of nitrogens with one attached hydrogen (secondary N) is 1. The van der Waals surface area contributed by atoms with E-state index in [1.165, 1.54) is 13.1 Å². The molecule has 134 valence electrons. The predicted octanol–water partition coefficient (Wildman–Crippen LogP) is -0.479. The Balaban J connectivity index is 2.41. The number of hydrogen-bond donors (Lipinski definition) is 1. The maximum atomic E-state index is 12.0. The molecule has 1 aliphatic rings. The first-order valence-corrected chi connectivity index (χ1v) is 7.40. The van der Waals surface area contributed by atoms with Gasteiger partial charge in [0.2, 0.25) is 5.60 Å². The average molecular weight is 351 g/mol. The molecule has 1 aliphatic heterocycles. The van der Waals surface area contributed by atoms with Crippen LogP contribution in [0.5, 0.6) is 0 Å². The number of carbonyl (C=O) groups is 2. The van der Waals surface area contributed by atoms with Gasteiger partial charge in [0.25, 0.3) is 5.56 Å². The zero-order chi connectivity index (χ0) is 18.8. The number of nitrogens with zero attached hydrogens (tertiary/aromatic N) is 2. The lowest BCUT2D eigenvalue weighted by Gasteiger charge is -2.26. The molecule has 0 spiro atoms. The van der Waals surface area contributed by atoms with Crippen molar-refractivity contribution in [2.24, 2.45) is 0 Å². The van der Waals surface area contributed by atoms with Crippen LogP contribution in [-0.4, -0.2) is 39.8 Å². The highest BCUT2D eigenvalue weighted by atomic mass is 16.6. The molecule has 0 saturated carbocycles. The highest BCUT2D eigenvalue weighted by molar-refractivity contribution is 5.67. The smallest absolute Gasteiger partial charge is 0.330 e. The summed E-state index contributed by atoms with van der Waals surface area (Å²) in [5, 5.41) is 9.54. The Hall–Kier alpha value is -2.93. The molecule has 1 aromatic rings. The number of hydrogen-bond acceptors (Lipinski definition) is 8. The van der Waals surface area contributed by atoms with E-state index in [0.29, 0.717) is 0 Å². The monoisotopic (exact) mass is 351 g/mol. The summed E-state index contributed by atoms with van der Waals surface area (Å²) in [7, 11) is 0. The van der Waals surface area contributed by atoms with E-state index in [4.69, 9.17) is 14.2 Å². The first kappa shape index (κ1) is 18.4. The van der Waals surface area contributed by atoms with Gasteiger partial charge in [0.05, 0.1) is 0 Å². The van der Waals surface area contributed by atoms with E-state index in [9.17, 15) is 24.4 Å². The molecule has 10 nitrogen and oxygen atoms in total. The molecule has 3 atom stereocenters. The molecule has 0 aromatic carbocycles. The van der Waals surface area contributed by atoms with Crippen LogP contribution in [0.3, 0.4) is 0 Å². The molecular weight excluding hydrogens is 334 g/mol. The molecule has 25 heavy (non-hydrogen) atoms. The van der Waals surface area contributed by atoms with E-state index in [0.717, 1.165) is 18.4 Å². The van der Waals surface area contributed by atoms with Crippen LogP contribution in [-0.2, 0) is 23.8 Å².